The monoisotopic (exact) mass is 254 g/mol. The molecule has 0 fully saturated rings. The first-order chi connectivity index (χ1) is 9.11. The van der Waals surface area contributed by atoms with Gasteiger partial charge in [0.25, 0.3) is 0 Å². The highest BCUT2D eigenvalue weighted by Gasteiger charge is 2.10. The number of hydrogen-bond acceptors (Lipinski definition) is 2. The third-order valence-corrected chi connectivity index (χ3v) is 3.44. The van der Waals surface area contributed by atoms with Gasteiger partial charge in [0.2, 0.25) is 0 Å². The lowest BCUT2D eigenvalue weighted by molar-refractivity contribution is 0.578. The Morgan fingerprint density at radius 3 is 2.84 bits per heavy atom. The standard InChI is InChI=1S/C16H18N2O/c1-11-7-14-9-13(3-4-16(14)19-11)15(17)8-12-5-6-18(2)10-12/h3-7,9-10,15H,8,17H2,1-2H3. The summed E-state index contributed by atoms with van der Waals surface area (Å²) >= 11 is 0. The lowest BCUT2D eigenvalue weighted by Crippen LogP contribution is -2.12. The molecule has 1 aromatic carbocycles. The molecule has 0 aliphatic heterocycles. The molecule has 0 saturated heterocycles. The number of benzene rings is 1. The van der Waals surface area contributed by atoms with Crippen molar-refractivity contribution < 1.29 is 4.42 Å². The molecule has 0 radical (unpaired) electrons. The van der Waals surface area contributed by atoms with Gasteiger partial charge in [-0.15, -0.1) is 0 Å². The van der Waals surface area contributed by atoms with Crippen molar-refractivity contribution in [2.24, 2.45) is 12.8 Å². The van der Waals surface area contributed by atoms with Crippen molar-refractivity contribution in [2.45, 2.75) is 19.4 Å². The minimum Gasteiger partial charge on any atom is -0.461 e. The quantitative estimate of drug-likeness (QED) is 0.779. The van der Waals surface area contributed by atoms with Crippen LogP contribution in [0.2, 0.25) is 0 Å². The zero-order chi connectivity index (χ0) is 13.4. The Labute approximate surface area is 112 Å². The third-order valence-electron chi connectivity index (χ3n) is 3.44. The SMILES string of the molecule is Cc1cc2cc(C(N)Cc3ccn(C)c3)ccc2o1. The summed E-state index contributed by atoms with van der Waals surface area (Å²) in [7, 11) is 2.02. The van der Waals surface area contributed by atoms with Crippen LogP contribution in [-0.2, 0) is 13.5 Å². The van der Waals surface area contributed by atoms with Gasteiger partial charge in [-0.1, -0.05) is 6.07 Å². The number of nitrogens with two attached hydrogens (primary N) is 1. The van der Waals surface area contributed by atoms with Crippen LogP contribution in [0.5, 0.6) is 0 Å². The molecule has 0 bridgehead atoms. The number of hydrogen-bond donors (Lipinski definition) is 1. The van der Waals surface area contributed by atoms with Crippen molar-refractivity contribution in [3.05, 3.63) is 59.6 Å². The minimum atomic E-state index is 0.0157. The molecule has 19 heavy (non-hydrogen) atoms. The second-order valence-electron chi connectivity index (χ2n) is 5.15. The summed E-state index contributed by atoms with van der Waals surface area (Å²) in [5.74, 6) is 0.934. The van der Waals surface area contributed by atoms with E-state index in [2.05, 4.69) is 24.4 Å². The molecule has 2 N–H and O–H groups in total. The molecular formula is C16H18N2O. The molecular weight excluding hydrogens is 236 g/mol. The number of fused-ring (bicyclic) bond motifs is 1. The summed E-state index contributed by atoms with van der Waals surface area (Å²) < 4.78 is 7.63. The predicted octanol–water partition coefficient (Wildman–Crippen LogP) is 3.32. The smallest absolute Gasteiger partial charge is 0.134 e. The van der Waals surface area contributed by atoms with Gasteiger partial charge in [-0.05, 0) is 48.7 Å². The number of rotatable bonds is 3. The van der Waals surface area contributed by atoms with Crippen LogP contribution < -0.4 is 5.73 Å². The third kappa shape index (κ3) is 2.42. The Bertz CT molecular complexity index is 708. The number of furan rings is 1. The van der Waals surface area contributed by atoms with Gasteiger partial charge in [0.15, 0.2) is 0 Å². The summed E-state index contributed by atoms with van der Waals surface area (Å²) in [6.45, 7) is 1.96. The van der Waals surface area contributed by atoms with Gasteiger partial charge in [-0.25, -0.2) is 0 Å². The van der Waals surface area contributed by atoms with Crippen molar-refractivity contribution in [1.29, 1.82) is 0 Å². The summed E-state index contributed by atoms with van der Waals surface area (Å²) in [5, 5.41) is 1.12. The Morgan fingerprint density at radius 2 is 2.11 bits per heavy atom. The molecule has 3 aromatic rings. The van der Waals surface area contributed by atoms with E-state index in [0.717, 1.165) is 28.7 Å². The Balaban J connectivity index is 1.86. The highest BCUT2D eigenvalue weighted by Crippen LogP contribution is 2.24. The Kier molecular flexibility index (Phi) is 2.91. The van der Waals surface area contributed by atoms with E-state index in [0.29, 0.717) is 0 Å². The van der Waals surface area contributed by atoms with E-state index in [-0.39, 0.29) is 6.04 Å². The predicted molar refractivity (Wildman–Crippen MR) is 77.0 cm³/mol. The highest BCUT2D eigenvalue weighted by atomic mass is 16.3. The van der Waals surface area contributed by atoms with E-state index in [9.17, 15) is 0 Å². The molecule has 0 aliphatic rings. The zero-order valence-corrected chi connectivity index (χ0v) is 11.3. The molecule has 0 amide bonds. The van der Waals surface area contributed by atoms with E-state index in [1.54, 1.807) is 0 Å². The van der Waals surface area contributed by atoms with Gasteiger partial charge in [-0.3, -0.25) is 0 Å². The molecule has 0 saturated carbocycles. The van der Waals surface area contributed by atoms with Gasteiger partial charge < -0.3 is 14.7 Å². The van der Waals surface area contributed by atoms with Gasteiger partial charge in [0.05, 0.1) is 0 Å². The molecule has 3 heteroatoms. The van der Waals surface area contributed by atoms with E-state index in [4.69, 9.17) is 10.2 Å². The van der Waals surface area contributed by atoms with Crippen LogP contribution >= 0.6 is 0 Å². The second kappa shape index (κ2) is 4.59. The number of aryl methyl sites for hydroxylation is 2. The van der Waals surface area contributed by atoms with Crippen LogP contribution in [-0.4, -0.2) is 4.57 Å². The summed E-state index contributed by atoms with van der Waals surface area (Å²) in [4.78, 5) is 0. The summed E-state index contributed by atoms with van der Waals surface area (Å²) in [5.41, 5.74) is 9.63. The molecule has 2 heterocycles. The summed E-state index contributed by atoms with van der Waals surface area (Å²) in [6.07, 6.45) is 5.01. The van der Waals surface area contributed by atoms with Crippen molar-refractivity contribution in [3.63, 3.8) is 0 Å². The fourth-order valence-electron chi connectivity index (χ4n) is 2.48. The number of nitrogens with zero attached hydrogens (tertiary/aromatic N) is 1. The fourth-order valence-corrected chi connectivity index (χ4v) is 2.48. The van der Waals surface area contributed by atoms with Crippen LogP contribution in [0.25, 0.3) is 11.0 Å². The zero-order valence-electron chi connectivity index (χ0n) is 11.3. The topological polar surface area (TPSA) is 44.1 Å². The van der Waals surface area contributed by atoms with Crippen LogP contribution in [0, 0.1) is 6.92 Å². The van der Waals surface area contributed by atoms with Crippen LogP contribution in [0.4, 0.5) is 0 Å². The first-order valence-electron chi connectivity index (χ1n) is 6.48. The van der Waals surface area contributed by atoms with Crippen molar-refractivity contribution >= 4 is 11.0 Å². The van der Waals surface area contributed by atoms with Crippen LogP contribution in [0.1, 0.15) is 22.9 Å². The minimum absolute atomic E-state index is 0.0157. The highest BCUT2D eigenvalue weighted by molar-refractivity contribution is 5.78. The molecule has 0 spiro atoms. The maximum Gasteiger partial charge on any atom is 0.134 e. The van der Waals surface area contributed by atoms with Crippen molar-refractivity contribution in [3.8, 4) is 0 Å². The molecule has 98 valence electrons. The molecule has 1 atom stereocenters. The normalized spacial score (nSPS) is 13.0. The molecule has 0 aliphatic carbocycles. The van der Waals surface area contributed by atoms with E-state index in [1.165, 1.54) is 5.56 Å². The second-order valence-corrected chi connectivity index (χ2v) is 5.15. The first kappa shape index (κ1) is 12.1. The van der Waals surface area contributed by atoms with Gasteiger partial charge in [0.1, 0.15) is 11.3 Å². The fraction of sp³-hybridized carbons (Fsp3) is 0.250. The van der Waals surface area contributed by atoms with E-state index < -0.39 is 0 Å². The first-order valence-corrected chi connectivity index (χ1v) is 6.48. The van der Waals surface area contributed by atoms with Crippen LogP contribution in [0.15, 0.2) is 47.1 Å². The maximum absolute atomic E-state index is 6.29. The largest absolute Gasteiger partial charge is 0.461 e. The molecule has 1 unspecified atom stereocenters. The average Bonchev–Trinajstić information content (AvgIpc) is 2.93. The maximum atomic E-state index is 6.29. The Hall–Kier alpha value is -2.00. The number of aromatic nitrogens is 1. The lowest BCUT2D eigenvalue weighted by Gasteiger charge is -2.11. The summed E-state index contributed by atoms with van der Waals surface area (Å²) in [6, 6.07) is 10.4. The molecule has 2 aromatic heterocycles. The van der Waals surface area contributed by atoms with E-state index >= 15 is 0 Å². The van der Waals surface area contributed by atoms with Crippen LogP contribution in [0.3, 0.4) is 0 Å². The van der Waals surface area contributed by atoms with Gasteiger partial charge >= 0.3 is 0 Å². The average molecular weight is 254 g/mol. The lowest BCUT2D eigenvalue weighted by atomic mass is 10.0. The van der Waals surface area contributed by atoms with Crippen molar-refractivity contribution in [1.82, 2.24) is 4.57 Å². The van der Waals surface area contributed by atoms with Crippen molar-refractivity contribution in [2.75, 3.05) is 0 Å². The van der Waals surface area contributed by atoms with E-state index in [1.807, 2.05) is 36.9 Å². The molecule has 3 rings (SSSR count). The van der Waals surface area contributed by atoms with Gasteiger partial charge in [-0.2, -0.15) is 0 Å². The molecule has 3 nitrogen and oxygen atoms in total. The Morgan fingerprint density at radius 1 is 1.26 bits per heavy atom. The van der Waals surface area contributed by atoms with Gasteiger partial charge in [0, 0.05) is 30.9 Å².